The van der Waals surface area contributed by atoms with Crippen molar-refractivity contribution in [2.75, 3.05) is 19.0 Å². The number of nitrogens with two attached hydrogens (primary N) is 1. The van der Waals surface area contributed by atoms with Gasteiger partial charge in [0, 0.05) is 12.5 Å². The summed E-state index contributed by atoms with van der Waals surface area (Å²) < 4.78 is 5.25. The van der Waals surface area contributed by atoms with E-state index in [-0.39, 0.29) is 11.8 Å². The van der Waals surface area contributed by atoms with Crippen LogP contribution in [0.1, 0.15) is 12.5 Å². The van der Waals surface area contributed by atoms with Crippen molar-refractivity contribution in [1.82, 2.24) is 0 Å². The molecule has 0 saturated heterocycles. The fourth-order valence-electron chi connectivity index (χ4n) is 1.43. The van der Waals surface area contributed by atoms with Crippen LogP contribution in [0.3, 0.4) is 0 Å². The molecule has 5 nitrogen and oxygen atoms in total. The SMILES string of the molecule is COc1ccc(C)cc1NCC(C)C(N)=NO. The minimum absolute atomic E-state index is 0.0507. The first-order chi connectivity index (χ1) is 8.08. The largest absolute Gasteiger partial charge is 0.495 e. The molecule has 0 bridgehead atoms. The van der Waals surface area contributed by atoms with Crippen LogP contribution in [-0.4, -0.2) is 24.7 Å². The Morgan fingerprint density at radius 3 is 2.88 bits per heavy atom. The molecule has 0 amide bonds. The molecule has 4 N–H and O–H groups in total. The van der Waals surface area contributed by atoms with E-state index < -0.39 is 0 Å². The quantitative estimate of drug-likeness (QED) is 0.316. The highest BCUT2D eigenvalue weighted by Gasteiger charge is 2.09. The number of benzene rings is 1. The number of nitrogens with one attached hydrogen (secondary N) is 1. The third-order valence-electron chi connectivity index (χ3n) is 2.57. The van der Waals surface area contributed by atoms with Crippen molar-refractivity contribution in [3.8, 4) is 5.75 Å². The van der Waals surface area contributed by atoms with Gasteiger partial charge in [-0.3, -0.25) is 0 Å². The second-order valence-electron chi connectivity index (χ2n) is 4.01. The summed E-state index contributed by atoms with van der Waals surface area (Å²) in [6.07, 6.45) is 0. The van der Waals surface area contributed by atoms with E-state index in [0.717, 1.165) is 17.0 Å². The van der Waals surface area contributed by atoms with Crippen molar-refractivity contribution >= 4 is 11.5 Å². The van der Waals surface area contributed by atoms with E-state index in [1.54, 1.807) is 7.11 Å². The highest BCUT2D eigenvalue weighted by molar-refractivity contribution is 5.82. The molecule has 1 aromatic carbocycles. The second-order valence-corrected chi connectivity index (χ2v) is 4.01. The molecule has 17 heavy (non-hydrogen) atoms. The lowest BCUT2D eigenvalue weighted by molar-refractivity contribution is 0.315. The Morgan fingerprint density at radius 2 is 2.29 bits per heavy atom. The number of amidine groups is 1. The van der Waals surface area contributed by atoms with Gasteiger partial charge in [-0.25, -0.2) is 0 Å². The Labute approximate surface area is 101 Å². The number of hydrogen-bond donors (Lipinski definition) is 3. The summed E-state index contributed by atoms with van der Waals surface area (Å²) in [4.78, 5) is 0. The average Bonchev–Trinajstić information content (AvgIpc) is 2.35. The highest BCUT2D eigenvalue weighted by Crippen LogP contribution is 2.25. The molecule has 1 atom stereocenters. The zero-order valence-corrected chi connectivity index (χ0v) is 10.4. The van der Waals surface area contributed by atoms with Crippen LogP contribution in [0, 0.1) is 12.8 Å². The Balaban J connectivity index is 2.71. The van der Waals surface area contributed by atoms with Crippen LogP contribution in [-0.2, 0) is 0 Å². The van der Waals surface area contributed by atoms with Crippen LogP contribution in [0.15, 0.2) is 23.4 Å². The smallest absolute Gasteiger partial charge is 0.143 e. The van der Waals surface area contributed by atoms with Gasteiger partial charge >= 0.3 is 0 Å². The van der Waals surface area contributed by atoms with Gasteiger partial charge in [-0.15, -0.1) is 0 Å². The molecule has 5 heteroatoms. The van der Waals surface area contributed by atoms with E-state index in [4.69, 9.17) is 15.7 Å². The van der Waals surface area contributed by atoms with Gasteiger partial charge in [0.2, 0.25) is 0 Å². The third-order valence-corrected chi connectivity index (χ3v) is 2.57. The van der Waals surface area contributed by atoms with E-state index >= 15 is 0 Å². The molecule has 94 valence electrons. The Hall–Kier alpha value is -1.91. The fourth-order valence-corrected chi connectivity index (χ4v) is 1.43. The van der Waals surface area contributed by atoms with Crippen LogP contribution in [0.2, 0.25) is 0 Å². The van der Waals surface area contributed by atoms with Crippen LogP contribution in [0.5, 0.6) is 5.75 Å². The first-order valence-electron chi connectivity index (χ1n) is 5.44. The first-order valence-corrected chi connectivity index (χ1v) is 5.44. The topological polar surface area (TPSA) is 79.9 Å². The van der Waals surface area contributed by atoms with Crippen molar-refractivity contribution in [2.45, 2.75) is 13.8 Å². The maximum atomic E-state index is 8.56. The Kier molecular flexibility index (Phi) is 4.63. The molecule has 1 rings (SSSR count). The Morgan fingerprint density at radius 1 is 1.59 bits per heavy atom. The van der Waals surface area contributed by atoms with Gasteiger partial charge < -0.3 is 21.0 Å². The van der Waals surface area contributed by atoms with Crippen molar-refractivity contribution in [2.24, 2.45) is 16.8 Å². The summed E-state index contributed by atoms with van der Waals surface area (Å²) in [6.45, 7) is 4.47. The summed E-state index contributed by atoms with van der Waals surface area (Å²) in [5.74, 6) is 0.941. The maximum Gasteiger partial charge on any atom is 0.143 e. The van der Waals surface area contributed by atoms with E-state index in [1.165, 1.54) is 0 Å². The minimum Gasteiger partial charge on any atom is -0.495 e. The molecular weight excluding hydrogens is 218 g/mol. The van der Waals surface area contributed by atoms with Crippen LogP contribution >= 0.6 is 0 Å². The molecule has 0 heterocycles. The van der Waals surface area contributed by atoms with E-state index in [9.17, 15) is 0 Å². The average molecular weight is 237 g/mol. The van der Waals surface area contributed by atoms with Gasteiger partial charge in [-0.1, -0.05) is 18.1 Å². The zero-order chi connectivity index (χ0) is 12.8. The molecule has 0 aliphatic carbocycles. The summed E-state index contributed by atoms with van der Waals surface area (Å²) in [5, 5.41) is 14.8. The molecule has 0 aliphatic heterocycles. The number of oxime groups is 1. The lowest BCUT2D eigenvalue weighted by Gasteiger charge is -2.15. The number of hydrogen-bond acceptors (Lipinski definition) is 4. The van der Waals surface area contributed by atoms with Crippen molar-refractivity contribution in [1.29, 1.82) is 0 Å². The standard InChI is InChI=1S/C12H19N3O2/c1-8-4-5-11(17-3)10(6-8)14-7-9(2)12(13)15-16/h4-6,9,14,16H,7H2,1-3H3,(H2,13,15). The summed E-state index contributed by atoms with van der Waals surface area (Å²) in [6, 6.07) is 5.89. The summed E-state index contributed by atoms with van der Waals surface area (Å²) in [7, 11) is 1.63. The predicted octanol–water partition coefficient (Wildman–Crippen LogP) is 1.80. The lowest BCUT2D eigenvalue weighted by atomic mass is 10.1. The third kappa shape index (κ3) is 3.55. The summed E-state index contributed by atoms with van der Waals surface area (Å²) in [5.41, 5.74) is 7.56. The molecular formula is C12H19N3O2. The number of anilines is 1. The maximum absolute atomic E-state index is 8.56. The van der Waals surface area contributed by atoms with Crippen molar-refractivity contribution in [3.63, 3.8) is 0 Å². The van der Waals surface area contributed by atoms with Gasteiger partial charge in [0.25, 0.3) is 0 Å². The zero-order valence-electron chi connectivity index (χ0n) is 10.4. The van der Waals surface area contributed by atoms with Crippen LogP contribution in [0.25, 0.3) is 0 Å². The molecule has 0 aromatic heterocycles. The van der Waals surface area contributed by atoms with Gasteiger partial charge in [0.15, 0.2) is 0 Å². The minimum atomic E-state index is -0.0507. The normalized spacial score (nSPS) is 13.2. The second kappa shape index (κ2) is 5.98. The first kappa shape index (κ1) is 13.2. The van der Waals surface area contributed by atoms with Crippen LogP contribution in [0.4, 0.5) is 5.69 Å². The summed E-state index contributed by atoms with van der Waals surface area (Å²) >= 11 is 0. The number of nitrogens with zero attached hydrogens (tertiary/aromatic N) is 1. The van der Waals surface area contributed by atoms with Gasteiger partial charge in [0.05, 0.1) is 12.8 Å². The lowest BCUT2D eigenvalue weighted by Crippen LogP contribution is -2.27. The van der Waals surface area contributed by atoms with Gasteiger partial charge in [-0.2, -0.15) is 0 Å². The van der Waals surface area contributed by atoms with Crippen molar-refractivity contribution < 1.29 is 9.94 Å². The van der Waals surface area contributed by atoms with Gasteiger partial charge in [0.1, 0.15) is 11.6 Å². The number of methoxy groups -OCH3 is 1. The Bertz CT molecular complexity index is 405. The fraction of sp³-hybridized carbons (Fsp3) is 0.417. The van der Waals surface area contributed by atoms with Gasteiger partial charge in [-0.05, 0) is 24.6 Å². The number of ether oxygens (including phenoxy) is 1. The molecule has 0 aliphatic rings. The molecule has 0 saturated carbocycles. The molecule has 0 fully saturated rings. The molecule has 0 spiro atoms. The van der Waals surface area contributed by atoms with E-state index in [1.807, 2.05) is 32.0 Å². The number of aryl methyl sites for hydroxylation is 1. The predicted molar refractivity (Wildman–Crippen MR) is 68.8 cm³/mol. The van der Waals surface area contributed by atoms with Crippen molar-refractivity contribution in [3.05, 3.63) is 23.8 Å². The van der Waals surface area contributed by atoms with E-state index in [2.05, 4.69) is 10.5 Å². The highest BCUT2D eigenvalue weighted by atomic mass is 16.5. The van der Waals surface area contributed by atoms with Crippen LogP contribution < -0.4 is 15.8 Å². The molecule has 1 unspecified atom stereocenters. The number of rotatable bonds is 5. The molecule has 1 aromatic rings. The molecule has 0 radical (unpaired) electrons. The van der Waals surface area contributed by atoms with E-state index in [0.29, 0.717) is 6.54 Å². The monoisotopic (exact) mass is 237 g/mol.